The van der Waals surface area contributed by atoms with Crippen molar-refractivity contribution >= 4 is 23.7 Å². The predicted octanol–water partition coefficient (Wildman–Crippen LogP) is -0.442. The second-order valence-electron chi connectivity index (χ2n) is 4.91. The number of carbonyl (C=O) groups is 4. The molecule has 0 aromatic rings. The fourth-order valence-electron chi connectivity index (χ4n) is 2.16. The molecule has 0 aromatic heterocycles. The van der Waals surface area contributed by atoms with Crippen molar-refractivity contribution in [3.8, 4) is 0 Å². The average molecular weight is 299 g/mol. The van der Waals surface area contributed by atoms with Gasteiger partial charge < -0.3 is 25.5 Å². The molecule has 118 valence electrons. The number of esters is 1. The number of nitrogens with zero attached hydrogens (tertiary/aromatic N) is 1. The SMILES string of the molecule is CC(=O)CCC(=O)N1CCC[C@H]1C(=O)OCCNC(N)=O. The van der Waals surface area contributed by atoms with E-state index < -0.39 is 18.0 Å². The molecule has 0 spiro atoms. The van der Waals surface area contributed by atoms with Crippen LogP contribution in [-0.4, -0.2) is 54.3 Å². The Morgan fingerprint density at radius 2 is 2.00 bits per heavy atom. The minimum Gasteiger partial charge on any atom is -0.462 e. The van der Waals surface area contributed by atoms with Crippen LogP contribution in [0.25, 0.3) is 0 Å². The highest BCUT2D eigenvalue weighted by Gasteiger charge is 2.34. The molecule has 1 fully saturated rings. The highest BCUT2D eigenvalue weighted by atomic mass is 16.5. The van der Waals surface area contributed by atoms with Gasteiger partial charge in [0, 0.05) is 19.4 Å². The van der Waals surface area contributed by atoms with Crippen molar-refractivity contribution in [3.05, 3.63) is 0 Å². The second kappa shape index (κ2) is 8.23. The van der Waals surface area contributed by atoms with E-state index in [1.54, 1.807) is 0 Å². The lowest BCUT2D eigenvalue weighted by Crippen LogP contribution is -2.42. The number of ether oxygens (including phenoxy) is 1. The summed E-state index contributed by atoms with van der Waals surface area (Å²) in [5, 5.41) is 2.30. The Kier molecular flexibility index (Phi) is 6.64. The molecule has 0 unspecified atom stereocenters. The van der Waals surface area contributed by atoms with Gasteiger partial charge in [0.05, 0.1) is 6.54 Å². The molecule has 1 heterocycles. The summed E-state index contributed by atoms with van der Waals surface area (Å²) < 4.78 is 5.01. The van der Waals surface area contributed by atoms with Crippen molar-refractivity contribution in [1.29, 1.82) is 0 Å². The minimum absolute atomic E-state index is 0.00769. The van der Waals surface area contributed by atoms with Crippen LogP contribution in [0.5, 0.6) is 0 Å². The zero-order valence-electron chi connectivity index (χ0n) is 12.1. The number of carbonyl (C=O) groups excluding carboxylic acids is 4. The van der Waals surface area contributed by atoms with Gasteiger partial charge in [-0.1, -0.05) is 0 Å². The Morgan fingerprint density at radius 1 is 1.29 bits per heavy atom. The zero-order valence-corrected chi connectivity index (χ0v) is 12.1. The van der Waals surface area contributed by atoms with Crippen LogP contribution in [0.15, 0.2) is 0 Å². The summed E-state index contributed by atoms with van der Waals surface area (Å²) >= 11 is 0. The highest BCUT2D eigenvalue weighted by molar-refractivity contribution is 5.87. The van der Waals surface area contributed by atoms with E-state index >= 15 is 0 Å². The largest absolute Gasteiger partial charge is 0.462 e. The number of Topliss-reactive ketones (excluding diaryl/α,β-unsaturated/α-hetero) is 1. The van der Waals surface area contributed by atoms with Crippen molar-refractivity contribution in [1.82, 2.24) is 10.2 Å². The quantitative estimate of drug-likeness (QED) is 0.488. The van der Waals surface area contributed by atoms with Gasteiger partial charge in [-0.2, -0.15) is 0 Å². The van der Waals surface area contributed by atoms with Crippen LogP contribution in [0.1, 0.15) is 32.6 Å². The van der Waals surface area contributed by atoms with E-state index in [9.17, 15) is 19.2 Å². The molecule has 8 heteroatoms. The van der Waals surface area contributed by atoms with Crippen LogP contribution in [0.3, 0.4) is 0 Å². The Balaban J connectivity index is 2.41. The summed E-state index contributed by atoms with van der Waals surface area (Å²) in [6.07, 6.45) is 1.57. The number of hydrogen-bond donors (Lipinski definition) is 2. The van der Waals surface area contributed by atoms with Gasteiger partial charge >= 0.3 is 12.0 Å². The molecule has 3 amide bonds. The molecule has 1 saturated heterocycles. The minimum atomic E-state index is -0.687. The maximum absolute atomic E-state index is 12.0. The van der Waals surface area contributed by atoms with Gasteiger partial charge in [0.15, 0.2) is 0 Å². The molecule has 0 bridgehead atoms. The number of hydrogen-bond acceptors (Lipinski definition) is 5. The summed E-state index contributed by atoms with van der Waals surface area (Å²) in [4.78, 5) is 46.7. The van der Waals surface area contributed by atoms with E-state index in [-0.39, 0.29) is 37.7 Å². The monoisotopic (exact) mass is 299 g/mol. The highest BCUT2D eigenvalue weighted by Crippen LogP contribution is 2.20. The first-order valence-electron chi connectivity index (χ1n) is 6.90. The summed E-state index contributed by atoms with van der Waals surface area (Å²) in [5.74, 6) is -0.756. The number of urea groups is 1. The van der Waals surface area contributed by atoms with Gasteiger partial charge in [0.25, 0.3) is 0 Å². The van der Waals surface area contributed by atoms with Gasteiger partial charge in [-0.05, 0) is 19.8 Å². The first-order valence-corrected chi connectivity index (χ1v) is 6.90. The molecule has 1 aliphatic rings. The topological polar surface area (TPSA) is 119 Å². The van der Waals surface area contributed by atoms with Crippen LogP contribution >= 0.6 is 0 Å². The van der Waals surface area contributed by atoms with Gasteiger partial charge in [0.1, 0.15) is 18.4 Å². The molecule has 0 aromatic carbocycles. The van der Waals surface area contributed by atoms with Crippen molar-refractivity contribution in [3.63, 3.8) is 0 Å². The van der Waals surface area contributed by atoms with E-state index in [1.807, 2.05) is 0 Å². The van der Waals surface area contributed by atoms with Crippen LogP contribution in [0, 0.1) is 0 Å². The Morgan fingerprint density at radius 3 is 2.62 bits per heavy atom. The molecular weight excluding hydrogens is 278 g/mol. The molecule has 0 aliphatic carbocycles. The van der Waals surface area contributed by atoms with E-state index in [0.717, 1.165) is 6.42 Å². The van der Waals surface area contributed by atoms with Crippen molar-refractivity contribution in [2.24, 2.45) is 5.73 Å². The number of ketones is 1. The third-order valence-electron chi connectivity index (χ3n) is 3.18. The van der Waals surface area contributed by atoms with E-state index in [4.69, 9.17) is 10.5 Å². The van der Waals surface area contributed by atoms with Crippen LogP contribution in [0.2, 0.25) is 0 Å². The molecular formula is C13H21N3O5. The van der Waals surface area contributed by atoms with Crippen molar-refractivity contribution in [2.75, 3.05) is 19.7 Å². The maximum atomic E-state index is 12.0. The fraction of sp³-hybridized carbons (Fsp3) is 0.692. The molecule has 1 rings (SSSR count). The normalized spacial score (nSPS) is 17.4. The molecule has 0 saturated carbocycles. The number of amides is 3. The molecule has 1 atom stereocenters. The number of likely N-dealkylation sites (tertiary alicyclic amines) is 1. The Bertz CT molecular complexity index is 424. The molecule has 3 N–H and O–H groups in total. The smallest absolute Gasteiger partial charge is 0.328 e. The van der Waals surface area contributed by atoms with Crippen molar-refractivity contribution in [2.45, 2.75) is 38.6 Å². The summed E-state index contributed by atoms with van der Waals surface area (Å²) in [5.41, 5.74) is 4.88. The van der Waals surface area contributed by atoms with Crippen LogP contribution in [0.4, 0.5) is 4.79 Å². The lowest BCUT2D eigenvalue weighted by atomic mass is 10.2. The number of primary amides is 1. The molecule has 0 radical (unpaired) electrons. The van der Waals surface area contributed by atoms with Gasteiger partial charge in [-0.25, -0.2) is 9.59 Å². The summed E-state index contributed by atoms with van der Waals surface area (Å²) in [6.45, 7) is 2.06. The lowest BCUT2D eigenvalue weighted by Gasteiger charge is -2.23. The van der Waals surface area contributed by atoms with E-state index in [2.05, 4.69) is 5.32 Å². The number of nitrogens with one attached hydrogen (secondary N) is 1. The zero-order chi connectivity index (χ0) is 15.8. The maximum Gasteiger partial charge on any atom is 0.328 e. The molecule has 1 aliphatic heterocycles. The van der Waals surface area contributed by atoms with Gasteiger partial charge in [-0.3, -0.25) is 4.79 Å². The van der Waals surface area contributed by atoms with Crippen molar-refractivity contribution < 1.29 is 23.9 Å². The number of nitrogens with two attached hydrogens (primary N) is 1. The van der Waals surface area contributed by atoms with Crippen LogP contribution < -0.4 is 11.1 Å². The van der Waals surface area contributed by atoms with Crippen LogP contribution in [-0.2, 0) is 19.1 Å². The van der Waals surface area contributed by atoms with E-state index in [0.29, 0.717) is 13.0 Å². The third kappa shape index (κ3) is 5.80. The fourth-order valence-corrected chi connectivity index (χ4v) is 2.16. The van der Waals surface area contributed by atoms with Gasteiger partial charge in [0.2, 0.25) is 5.91 Å². The Labute approximate surface area is 123 Å². The number of rotatable bonds is 7. The third-order valence-corrected chi connectivity index (χ3v) is 3.18. The predicted molar refractivity (Wildman–Crippen MR) is 73.2 cm³/mol. The first kappa shape index (κ1) is 16.9. The van der Waals surface area contributed by atoms with Gasteiger partial charge in [-0.15, -0.1) is 0 Å². The second-order valence-corrected chi connectivity index (χ2v) is 4.91. The summed E-state index contributed by atoms with van der Waals surface area (Å²) in [7, 11) is 0. The molecule has 21 heavy (non-hydrogen) atoms. The first-order chi connectivity index (χ1) is 9.91. The standard InChI is InChI=1S/C13H21N3O5/c1-9(17)4-5-11(18)16-7-2-3-10(16)12(19)21-8-6-15-13(14)20/h10H,2-8H2,1H3,(H3,14,15,20)/t10-/m0/s1. The molecule has 8 nitrogen and oxygen atoms in total. The lowest BCUT2D eigenvalue weighted by molar-refractivity contribution is -0.153. The average Bonchev–Trinajstić information content (AvgIpc) is 2.89. The summed E-state index contributed by atoms with van der Waals surface area (Å²) in [6, 6.07) is -1.29. The van der Waals surface area contributed by atoms with E-state index in [1.165, 1.54) is 11.8 Å². The Hall–Kier alpha value is -2.12.